The van der Waals surface area contributed by atoms with Gasteiger partial charge >= 0.3 is 0 Å². The molecule has 0 aliphatic heterocycles. The summed E-state index contributed by atoms with van der Waals surface area (Å²) in [7, 11) is 1.67. The third-order valence-electron chi connectivity index (χ3n) is 2.10. The molecular formula is C13H19BrO2. The average Bonchev–Trinajstić information content (AvgIpc) is 2.25. The highest BCUT2D eigenvalue weighted by atomic mass is 79.9. The van der Waals surface area contributed by atoms with Crippen molar-refractivity contribution >= 4 is 15.9 Å². The maximum absolute atomic E-state index is 5.97. The minimum atomic E-state index is -0.151. The van der Waals surface area contributed by atoms with E-state index in [9.17, 15) is 0 Å². The fourth-order valence-electron chi connectivity index (χ4n) is 1.46. The highest BCUT2D eigenvalue weighted by molar-refractivity contribution is 9.09. The molecule has 0 N–H and O–H groups in total. The molecule has 0 aliphatic rings. The molecular weight excluding hydrogens is 268 g/mol. The Morgan fingerprint density at radius 3 is 2.50 bits per heavy atom. The van der Waals surface area contributed by atoms with Gasteiger partial charge in [0.05, 0.1) is 18.8 Å². The van der Waals surface area contributed by atoms with Crippen molar-refractivity contribution in [2.75, 3.05) is 12.4 Å². The normalized spacial score (nSPS) is 13.6. The topological polar surface area (TPSA) is 18.5 Å². The first-order chi connectivity index (χ1) is 7.46. The van der Waals surface area contributed by atoms with Crippen molar-refractivity contribution in [3.63, 3.8) is 0 Å². The van der Waals surface area contributed by atoms with Gasteiger partial charge in [-0.05, 0) is 38.5 Å². The molecule has 0 bridgehead atoms. The summed E-state index contributed by atoms with van der Waals surface area (Å²) in [5, 5.41) is 0.775. The van der Waals surface area contributed by atoms with Crippen LogP contribution < -0.4 is 4.74 Å². The Bertz CT molecular complexity index is 331. The third kappa shape index (κ3) is 4.14. The van der Waals surface area contributed by atoms with Crippen LogP contribution in [0.15, 0.2) is 24.3 Å². The Kier molecular flexibility index (Phi) is 4.81. The van der Waals surface area contributed by atoms with Crippen LogP contribution in [0.5, 0.6) is 5.75 Å². The summed E-state index contributed by atoms with van der Waals surface area (Å²) in [6.07, 6.45) is 0.0510. The molecule has 0 heterocycles. The highest BCUT2D eigenvalue weighted by Gasteiger charge is 2.19. The molecule has 3 heteroatoms. The van der Waals surface area contributed by atoms with Crippen molar-refractivity contribution in [1.29, 1.82) is 0 Å². The van der Waals surface area contributed by atoms with Gasteiger partial charge in [0, 0.05) is 5.33 Å². The molecule has 0 fully saturated rings. The Morgan fingerprint density at radius 1 is 1.31 bits per heavy atom. The largest absolute Gasteiger partial charge is 0.497 e. The first-order valence-electron chi connectivity index (χ1n) is 5.34. The molecule has 0 saturated heterocycles. The van der Waals surface area contributed by atoms with Gasteiger partial charge in [-0.25, -0.2) is 0 Å². The van der Waals surface area contributed by atoms with Gasteiger partial charge < -0.3 is 9.47 Å². The molecule has 1 atom stereocenters. The fraction of sp³-hybridized carbons (Fsp3) is 0.538. The second kappa shape index (κ2) is 5.69. The van der Waals surface area contributed by atoms with Crippen molar-refractivity contribution in [3.05, 3.63) is 29.8 Å². The monoisotopic (exact) mass is 286 g/mol. The Balaban J connectivity index is 2.86. The SMILES string of the molecule is COc1cccc(C(CBr)OC(C)(C)C)c1. The minimum Gasteiger partial charge on any atom is -0.497 e. The average molecular weight is 287 g/mol. The number of hydrogen-bond acceptors (Lipinski definition) is 2. The van der Waals surface area contributed by atoms with Crippen LogP contribution in [0.3, 0.4) is 0 Å². The fourth-order valence-corrected chi connectivity index (χ4v) is 1.96. The number of methoxy groups -OCH3 is 1. The van der Waals surface area contributed by atoms with Crippen molar-refractivity contribution in [2.45, 2.75) is 32.5 Å². The summed E-state index contributed by atoms with van der Waals surface area (Å²) < 4.78 is 11.2. The standard InChI is InChI=1S/C13H19BrO2/c1-13(2,3)16-12(9-14)10-6-5-7-11(8-10)15-4/h5-8,12H,9H2,1-4H3. The van der Waals surface area contributed by atoms with Gasteiger partial charge in [0.15, 0.2) is 0 Å². The predicted octanol–water partition coefficient (Wildman–Crippen LogP) is 3.95. The first kappa shape index (κ1) is 13.5. The van der Waals surface area contributed by atoms with E-state index in [-0.39, 0.29) is 11.7 Å². The van der Waals surface area contributed by atoms with E-state index in [1.54, 1.807) is 7.11 Å². The summed E-state index contributed by atoms with van der Waals surface area (Å²) in [5.41, 5.74) is 0.979. The van der Waals surface area contributed by atoms with Gasteiger partial charge in [0.2, 0.25) is 0 Å². The van der Waals surface area contributed by atoms with E-state index < -0.39 is 0 Å². The zero-order valence-electron chi connectivity index (χ0n) is 10.3. The number of halogens is 1. The van der Waals surface area contributed by atoms with E-state index in [0.717, 1.165) is 16.6 Å². The molecule has 1 aromatic carbocycles. The van der Waals surface area contributed by atoms with Gasteiger partial charge in [-0.2, -0.15) is 0 Å². The second-order valence-electron chi connectivity index (χ2n) is 4.65. The molecule has 0 aromatic heterocycles. The molecule has 2 nitrogen and oxygen atoms in total. The molecule has 0 amide bonds. The quantitative estimate of drug-likeness (QED) is 0.781. The molecule has 90 valence electrons. The number of hydrogen-bond donors (Lipinski definition) is 0. The van der Waals surface area contributed by atoms with Gasteiger partial charge in [0.25, 0.3) is 0 Å². The zero-order chi connectivity index (χ0) is 12.2. The number of benzene rings is 1. The van der Waals surface area contributed by atoms with Crippen LogP contribution in [0.2, 0.25) is 0 Å². The van der Waals surface area contributed by atoms with Crippen LogP contribution in [0.25, 0.3) is 0 Å². The van der Waals surface area contributed by atoms with E-state index in [0.29, 0.717) is 0 Å². The van der Waals surface area contributed by atoms with Crippen molar-refractivity contribution in [1.82, 2.24) is 0 Å². The van der Waals surface area contributed by atoms with E-state index in [4.69, 9.17) is 9.47 Å². The number of rotatable bonds is 4. The lowest BCUT2D eigenvalue weighted by Gasteiger charge is -2.26. The van der Waals surface area contributed by atoms with Crippen LogP contribution in [-0.4, -0.2) is 18.0 Å². The van der Waals surface area contributed by atoms with Crippen LogP contribution in [-0.2, 0) is 4.74 Å². The molecule has 16 heavy (non-hydrogen) atoms. The van der Waals surface area contributed by atoms with Gasteiger partial charge in [-0.15, -0.1) is 0 Å². The summed E-state index contributed by atoms with van der Waals surface area (Å²) >= 11 is 3.49. The molecule has 1 rings (SSSR count). The molecule has 0 aliphatic carbocycles. The first-order valence-corrected chi connectivity index (χ1v) is 6.46. The van der Waals surface area contributed by atoms with Crippen molar-refractivity contribution < 1.29 is 9.47 Å². The third-order valence-corrected chi connectivity index (χ3v) is 2.69. The van der Waals surface area contributed by atoms with Crippen molar-refractivity contribution in [3.8, 4) is 5.75 Å². The predicted molar refractivity (Wildman–Crippen MR) is 70.4 cm³/mol. The maximum atomic E-state index is 5.97. The van der Waals surface area contributed by atoms with Crippen LogP contribution >= 0.6 is 15.9 Å². The Morgan fingerprint density at radius 2 is 2.00 bits per heavy atom. The molecule has 0 spiro atoms. The smallest absolute Gasteiger partial charge is 0.119 e. The lowest BCUT2D eigenvalue weighted by molar-refractivity contribution is -0.0502. The Hall–Kier alpha value is -0.540. The lowest BCUT2D eigenvalue weighted by atomic mass is 10.1. The Labute approximate surface area is 106 Å². The van der Waals surface area contributed by atoms with E-state index in [2.05, 4.69) is 42.8 Å². The van der Waals surface area contributed by atoms with Gasteiger partial charge in [-0.3, -0.25) is 0 Å². The second-order valence-corrected chi connectivity index (χ2v) is 5.30. The van der Waals surface area contributed by atoms with Crippen LogP contribution in [0.4, 0.5) is 0 Å². The van der Waals surface area contributed by atoms with E-state index >= 15 is 0 Å². The number of ether oxygens (including phenoxy) is 2. The molecule has 1 aromatic rings. The summed E-state index contributed by atoms with van der Waals surface area (Å²) in [6, 6.07) is 7.99. The minimum absolute atomic E-state index is 0.0510. The highest BCUT2D eigenvalue weighted by Crippen LogP contribution is 2.27. The molecule has 0 saturated carbocycles. The summed E-state index contributed by atoms with van der Waals surface area (Å²) in [4.78, 5) is 0. The van der Waals surface area contributed by atoms with Gasteiger partial charge in [-0.1, -0.05) is 28.1 Å². The molecule has 1 unspecified atom stereocenters. The lowest BCUT2D eigenvalue weighted by Crippen LogP contribution is -2.23. The summed E-state index contributed by atoms with van der Waals surface area (Å²) in [5.74, 6) is 0.862. The van der Waals surface area contributed by atoms with Gasteiger partial charge in [0.1, 0.15) is 5.75 Å². The van der Waals surface area contributed by atoms with Crippen molar-refractivity contribution in [2.24, 2.45) is 0 Å². The van der Waals surface area contributed by atoms with E-state index in [1.165, 1.54) is 0 Å². The zero-order valence-corrected chi connectivity index (χ0v) is 11.9. The van der Waals surface area contributed by atoms with Crippen LogP contribution in [0.1, 0.15) is 32.4 Å². The molecule has 0 radical (unpaired) electrons. The van der Waals surface area contributed by atoms with E-state index in [1.807, 2.05) is 18.2 Å². The van der Waals surface area contributed by atoms with Crippen LogP contribution in [0, 0.1) is 0 Å². The number of alkyl halides is 1. The maximum Gasteiger partial charge on any atom is 0.119 e. The summed E-state index contributed by atoms with van der Waals surface area (Å²) in [6.45, 7) is 6.18.